The van der Waals surface area contributed by atoms with Crippen molar-refractivity contribution in [1.82, 2.24) is 19.9 Å². The number of hydrogen-bond donors (Lipinski definition) is 3. The molecule has 1 aliphatic rings. The van der Waals surface area contributed by atoms with Gasteiger partial charge in [-0.05, 0) is 48.0 Å². The van der Waals surface area contributed by atoms with E-state index in [9.17, 15) is 27.9 Å². The third-order valence-electron chi connectivity index (χ3n) is 6.99. The van der Waals surface area contributed by atoms with Crippen molar-refractivity contribution >= 4 is 39.8 Å². The number of nitrogens with one attached hydrogen (secondary N) is 2. The van der Waals surface area contributed by atoms with E-state index in [-0.39, 0.29) is 35.8 Å². The zero-order valence-electron chi connectivity index (χ0n) is 23.7. The largest absolute Gasteiger partial charge is 0.424 e. The average molecular weight is 648 g/mol. The highest BCUT2D eigenvalue weighted by Gasteiger charge is 2.32. The second-order valence-corrected chi connectivity index (χ2v) is 11.2. The molecule has 234 valence electrons. The molecule has 3 aromatic heterocycles. The molecule has 1 atom stereocenters. The summed E-state index contributed by atoms with van der Waals surface area (Å²) in [5.74, 6) is 0.298. The van der Waals surface area contributed by atoms with Crippen molar-refractivity contribution in [2.45, 2.75) is 12.6 Å². The highest BCUT2D eigenvalue weighted by molar-refractivity contribution is 7.19. The highest BCUT2D eigenvalue weighted by Crippen LogP contribution is 2.37. The van der Waals surface area contributed by atoms with Crippen molar-refractivity contribution in [3.8, 4) is 33.3 Å². The van der Waals surface area contributed by atoms with Gasteiger partial charge in [0.25, 0.3) is 0 Å². The zero-order chi connectivity index (χ0) is 32.3. The molecule has 2 aromatic carbocycles. The molecule has 1 saturated heterocycles. The maximum absolute atomic E-state index is 13.4. The number of amides is 3. The summed E-state index contributed by atoms with van der Waals surface area (Å²) in [6, 6.07) is 12.7. The minimum Gasteiger partial charge on any atom is -0.424 e. The van der Waals surface area contributed by atoms with Crippen LogP contribution in [-0.4, -0.2) is 50.1 Å². The van der Waals surface area contributed by atoms with Crippen molar-refractivity contribution in [3.63, 3.8) is 0 Å². The van der Waals surface area contributed by atoms with Gasteiger partial charge in [0.1, 0.15) is 5.75 Å². The molecule has 46 heavy (non-hydrogen) atoms. The van der Waals surface area contributed by atoms with Crippen molar-refractivity contribution in [3.05, 3.63) is 91.1 Å². The number of anilines is 3. The first kappa shape index (κ1) is 30.6. The number of alkyl halides is 3. The molecular formula is C31H24F3N7O4S. The Kier molecular flexibility index (Phi) is 8.59. The van der Waals surface area contributed by atoms with Crippen LogP contribution in [-0.2, 0) is 11.0 Å². The first-order chi connectivity index (χ1) is 22.2. The number of pyridine rings is 1. The predicted molar refractivity (Wildman–Crippen MR) is 165 cm³/mol. The number of rotatable bonds is 8. The molecule has 4 heterocycles. The van der Waals surface area contributed by atoms with Gasteiger partial charge < -0.3 is 20.5 Å². The SMILES string of the molecule is O=C(Nc1cnc(Oc2ccc(-c3cnc(N4CC(CO)CC4=O)s3)cc2)nc1)Nc1cc(C(F)(F)F)ccc1-c1cccnc1. The Balaban J connectivity index is 1.08. The van der Waals surface area contributed by atoms with Gasteiger partial charge in [0, 0.05) is 55.2 Å². The maximum atomic E-state index is 13.4. The van der Waals surface area contributed by atoms with Crippen LogP contribution >= 0.6 is 11.3 Å². The predicted octanol–water partition coefficient (Wildman–Crippen LogP) is 6.46. The summed E-state index contributed by atoms with van der Waals surface area (Å²) in [7, 11) is 0. The maximum Gasteiger partial charge on any atom is 0.416 e. The summed E-state index contributed by atoms with van der Waals surface area (Å²) in [6.45, 7) is 0.398. The standard InChI is InChI=1S/C31H24F3N7O4S/c32-31(33,34)21-5-8-24(20-2-1-9-35-12-20)25(11-21)40-28(44)39-22-13-36-29(37-14-22)45-23-6-3-19(4-7-23)26-15-38-30(46-26)41-16-18(17-42)10-27(41)43/h1-9,11-15,18,42H,10,16-17H2,(H2,39,40,44). The van der Waals surface area contributed by atoms with Crippen LogP contribution in [0.3, 0.4) is 0 Å². The molecule has 0 bridgehead atoms. The van der Waals surface area contributed by atoms with Gasteiger partial charge in [-0.25, -0.2) is 19.7 Å². The Morgan fingerprint density at radius 2 is 1.78 bits per heavy atom. The number of aliphatic hydroxyl groups is 1. The van der Waals surface area contributed by atoms with Crippen LogP contribution in [0.2, 0.25) is 0 Å². The molecule has 11 nitrogen and oxygen atoms in total. The van der Waals surface area contributed by atoms with E-state index < -0.39 is 17.8 Å². The molecule has 1 aliphatic heterocycles. The molecule has 0 spiro atoms. The number of aromatic nitrogens is 4. The summed E-state index contributed by atoms with van der Waals surface area (Å²) >= 11 is 1.37. The number of nitrogens with zero attached hydrogens (tertiary/aromatic N) is 5. The van der Waals surface area contributed by atoms with Crippen molar-refractivity contribution in [1.29, 1.82) is 0 Å². The van der Waals surface area contributed by atoms with E-state index in [0.29, 0.717) is 35.0 Å². The quantitative estimate of drug-likeness (QED) is 0.174. The number of carbonyl (C=O) groups is 2. The van der Waals surface area contributed by atoms with Gasteiger partial charge in [-0.15, -0.1) is 0 Å². The number of thiazole rings is 1. The zero-order valence-corrected chi connectivity index (χ0v) is 24.5. The third kappa shape index (κ3) is 6.95. The summed E-state index contributed by atoms with van der Waals surface area (Å²) in [5, 5.41) is 14.9. The lowest BCUT2D eigenvalue weighted by atomic mass is 10.0. The summed E-state index contributed by atoms with van der Waals surface area (Å²) in [6.07, 6.45) is 2.99. The number of hydrogen-bond acceptors (Lipinski definition) is 9. The molecule has 6 rings (SSSR count). The number of benzene rings is 2. The lowest BCUT2D eigenvalue weighted by Gasteiger charge is -2.15. The average Bonchev–Trinajstić information content (AvgIpc) is 3.69. The molecular weight excluding hydrogens is 623 g/mol. The summed E-state index contributed by atoms with van der Waals surface area (Å²) in [4.78, 5) is 44.0. The van der Waals surface area contributed by atoms with Gasteiger partial charge >= 0.3 is 18.2 Å². The van der Waals surface area contributed by atoms with Crippen molar-refractivity contribution < 1.29 is 32.6 Å². The molecule has 1 fully saturated rings. The highest BCUT2D eigenvalue weighted by atomic mass is 32.1. The number of ether oxygens (including phenoxy) is 1. The Labute approximate surface area is 263 Å². The van der Waals surface area contributed by atoms with Crippen LogP contribution in [0.5, 0.6) is 11.8 Å². The van der Waals surface area contributed by atoms with E-state index in [2.05, 4.69) is 30.6 Å². The van der Waals surface area contributed by atoms with Gasteiger partial charge in [-0.1, -0.05) is 23.5 Å². The van der Waals surface area contributed by atoms with E-state index in [1.807, 2.05) is 12.1 Å². The fraction of sp³-hybridized carbons (Fsp3) is 0.161. The first-order valence-corrected chi connectivity index (χ1v) is 14.6. The van der Waals surface area contributed by atoms with E-state index in [4.69, 9.17) is 4.74 Å². The fourth-order valence-corrected chi connectivity index (χ4v) is 5.67. The molecule has 3 N–H and O–H groups in total. The van der Waals surface area contributed by atoms with Gasteiger partial charge in [0.15, 0.2) is 5.13 Å². The van der Waals surface area contributed by atoms with Gasteiger partial charge in [0.2, 0.25) is 5.91 Å². The van der Waals surface area contributed by atoms with E-state index in [0.717, 1.165) is 22.6 Å². The summed E-state index contributed by atoms with van der Waals surface area (Å²) < 4.78 is 45.8. The van der Waals surface area contributed by atoms with Crippen LogP contribution in [0, 0.1) is 5.92 Å². The minimum absolute atomic E-state index is 0.00140. The second kappa shape index (κ2) is 12.9. The molecule has 1 unspecified atom stereocenters. The topological polar surface area (TPSA) is 142 Å². The number of aliphatic hydroxyl groups excluding tert-OH is 1. The van der Waals surface area contributed by atoms with E-state index in [1.165, 1.54) is 42.2 Å². The normalized spacial score (nSPS) is 14.7. The Bertz CT molecular complexity index is 1850. The Morgan fingerprint density at radius 1 is 1.00 bits per heavy atom. The molecule has 5 aromatic rings. The Hall–Kier alpha value is -5.41. The molecule has 3 amide bonds. The molecule has 0 radical (unpaired) electrons. The van der Waals surface area contributed by atoms with Crippen LogP contribution in [0.15, 0.2) is 85.6 Å². The number of halogens is 3. The van der Waals surface area contributed by atoms with E-state index in [1.54, 1.807) is 35.4 Å². The smallest absolute Gasteiger partial charge is 0.416 e. The summed E-state index contributed by atoms with van der Waals surface area (Å²) in [5.41, 5.74) is 0.950. The minimum atomic E-state index is -4.60. The second-order valence-electron chi connectivity index (χ2n) is 10.2. The molecule has 15 heteroatoms. The van der Waals surface area contributed by atoms with Crippen molar-refractivity contribution in [2.24, 2.45) is 5.92 Å². The number of carbonyl (C=O) groups excluding carboxylic acids is 2. The van der Waals surface area contributed by atoms with Crippen LogP contribution in [0.1, 0.15) is 12.0 Å². The molecule has 0 aliphatic carbocycles. The van der Waals surface area contributed by atoms with Crippen LogP contribution in [0.4, 0.5) is 34.5 Å². The van der Waals surface area contributed by atoms with Gasteiger partial charge in [-0.2, -0.15) is 13.2 Å². The molecule has 0 saturated carbocycles. The van der Waals surface area contributed by atoms with Crippen LogP contribution in [0.25, 0.3) is 21.6 Å². The van der Waals surface area contributed by atoms with E-state index >= 15 is 0 Å². The van der Waals surface area contributed by atoms with Gasteiger partial charge in [0.05, 0.1) is 34.2 Å². The monoisotopic (exact) mass is 647 g/mol. The lowest BCUT2D eigenvalue weighted by molar-refractivity contribution is -0.137. The lowest BCUT2D eigenvalue weighted by Crippen LogP contribution is -2.24. The van der Waals surface area contributed by atoms with Crippen molar-refractivity contribution in [2.75, 3.05) is 28.7 Å². The number of urea groups is 1. The third-order valence-corrected chi connectivity index (χ3v) is 8.06. The Morgan fingerprint density at radius 3 is 2.46 bits per heavy atom. The first-order valence-electron chi connectivity index (χ1n) is 13.8. The van der Waals surface area contributed by atoms with Gasteiger partial charge in [-0.3, -0.25) is 14.7 Å². The van der Waals surface area contributed by atoms with Crippen LogP contribution < -0.4 is 20.3 Å². The fourth-order valence-electron chi connectivity index (χ4n) is 4.72.